The zero-order valence-electron chi connectivity index (χ0n) is 12.0. The summed E-state index contributed by atoms with van der Waals surface area (Å²) in [6, 6.07) is 4.25. The Kier molecular flexibility index (Phi) is 5.15. The first kappa shape index (κ1) is 16.2. The molecular weight excluding hydrogens is 310 g/mol. The molecule has 8 heteroatoms. The normalized spacial score (nSPS) is 14.2. The number of thiophene rings is 1. The molecule has 2 aromatic rings. The fraction of sp³-hybridized carbons (Fsp3) is 0.462. The van der Waals surface area contributed by atoms with Crippen LogP contribution in [-0.2, 0) is 29.6 Å². The van der Waals surface area contributed by atoms with Crippen molar-refractivity contribution < 1.29 is 13.0 Å². The van der Waals surface area contributed by atoms with E-state index in [9.17, 15) is 8.42 Å². The van der Waals surface area contributed by atoms with Crippen LogP contribution in [0.1, 0.15) is 18.2 Å². The van der Waals surface area contributed by atoms with Crippen molar-refractivity contribution in [3.8, 4) is 10.6 Å². The van der Waals surface area contributed by atoms with Crippen molar-refractivity contribution >= 4 is 21.5 Å². The van der Waals surface area contributed by atoms with Crippen LogP contribution in [0.3, 0.4) is 0 Å². The van der Waals surface area contributed by atoms with Gasteiger partial charge in [0, 0.05) is 37.3 Å². The molecule has 1 aliphatic rings. The van der Waals surface area contributed by atoms with Crippen molar-refractivity contribution in [3.05, 3.63) is 28.8 Å². The molecule has 2 N–H and O–H groups in total. The number of aromatic nitrogens is 2. The van der Waals surface area contributed by atoms with Crippen LogP contribution >= 0.6 is 11.3 Å². The molecule has 0 radical (unpaired) electrons. The van der Waals surface area contributed by atoms with Gasteiger partial charge in [-0.3, -0.25) is 9.23 Å². The number of hydrogen-bond donors (Lipinski definition) is 2. The first-order chi connectivity index (χ1) is 9.90. The minimum Gasteiger partial charge on any atom is -0.312 e. The summed E-state index contributed by atoms with van der Waals surface area (Å²) in [7, 11) is -3.67. The molecule has 0 atom stereocenters. The zero-order valence-corrected chi connectivity index (χ0v) is 13.7. The molecule has 1 aliphatic heterocycles. The van der Waals surface area contributed by atoms with Crippen molar-refractivity contribution in [2.45, 2.75) is 26.4 Å². The molecule has 0 saturated heterocycles. The summed E-state index contributed by atoms with van der Waals surface area (Å²) in [5.41, 5.74) is 4.00. The van der Waals surface area contributed by atoms with E-state index in [1.54, 1.807) is 11.3 Å². The van der Waals surface area contributed by atoms with Gasteiger partial charge in [-0.1, -0.05) is 6.07 Å². The third kappa shape index (κ3) is 4.37. The van der Waals surface area contributed by atoms with Gasteiger partial charge in [0.1, 0.15) is 5.69 Å². The van der Waals surface area contributed by atoms with E-state index in [0.717, 1.165) is 26.1 Å². The summed E-state index contributed by atoms with van der Waals surface area (Å²) in [6.45, 7) is 5.16. The first-order valence-corrected chi connectivity index (χ1v) is 9.38. The van der Waals surface area contributed by atoms with Crippen LogP contribution in [-0.4, -0.2) is 35.6 Å². The molecule has 3 heterocycles. The van der Waals surface area contributed by atoms with Gasteiger partial charge in [-0.25, -0.2) is 0 Å². The summed E-state index contributed by atoms with van der Waals surface area (Å²) >= 11 is 1.77. The smallest absolute Gasteiger partial charge is 0.261 e. The Morgan fingerprint density at radius 2 is 2.24 bits per heavy atom. The summed E-state index contributed by atoms with van der Waals surface area (Å²) in [4.78, 5) is 1.28. The molecule has 0 aliphatic carbocycles. The van der Waals surface area contributed by atoms with Gasteiger partial charge in [-0.15, -0.1) is 11.3 Å². The number of aryl methyl sites for hydroxylation is 1. The molecular formula is C13H19N3O3S2. The second-order valence-electron chi connectivity index (χ2n) is 4.73. The van der Waals surface area contributed by atoms with Crippen LogP contribution in [0.4, 0.5) is 0 Å². The van der Waals surface area contributed by atoms with Crippen LogP contribution < -0.4 is 5.32 Å². The molecule has 0 bridgehead atoms. The maximum atomic E-state index is 9.19. The first-order valence-electron chi connectivity index (χ1n) is 6.65. The Bertz CT molecular complexity index is 683. The van der Waals surface area contributed by atoms with E-state index in [0.29, 0.717) is 6.26 Å². The molecule has 6 nitrogen and oxygen atoms in total. The summed E-state index contributed by atoms with van der Waals surface area (Å²) in [6.07, 6.45) is 1.81. The van der Waals surface area contributed by atoms with Crippen LogP contribution in [0, 0.1) is 0 Å². The number of rotatable bonds is 2. The summed E-state index contributed by atoms with van der Waals surface area (Å²) in [5, 5.41) is 10.3. The number of hydrogen-bond acceptors (Lipinski definition) is 5. The molecule has 0 aromatic carbocycles. The average molecular weight is 329 g/mol. The maximum absolute atomic E-state index is 9.19. The SMILES string of the molecule is CCn1nc(-c2cccs2)c2c1CCNC2.CS(=O)(=O)O. The highest BCUT2D eigenvalue weighted by Gasteiger charge is 2.20. The average Bonchev–Trinajstić information content (AvgIpc) is 3.03. The Labute approximate surface area is 128 Å². The molecule has 3 rings (SSSR count). The molecule has 0 saturated carbocycles. The molecule has 0 amide bonds. The predicted molar refractivity (Wildman–Crippen MR) is 84.1 cm³/mol. The third-order valence-electron chi connectivity index (χ3n) is 3.06. The van der Waals surface area contributed by atoms with Crippen molar-refractivity contribution in [2.75, 3.05) is 12.8 Å². The quantitative estimate of drug-likeness (QED) is 0.821. The maximum Gasteiger partial charge on any atom is 0.261 e. The topological polar surface area (TPSA) is 84.2 Å². The lowest BCUT2D eigenvalue weighted by Gasteiger charge is -2.14. The second-order valence-corrected chi connectivity index (χ2v) is 7.14. The summed E-state index contributed by atoms with van der Waals surface area (Å²) in [5.74, 6) is 0. The largest absolute Gasteiger partial charge is 0.312 e. The van der Waals surface area contributed by atoms with Crippen LogP contribution in [0.2, 0.25) is 0 Å². The minimum atomic E-state index is -3.67. The van der Waals surface area contributed by atoms with Gasteiger partial charge >= 0.3 is 0 Å². The molecule has 2 aromatic heterocycles. The number of nitrogens with one attached hydrogen (secondary N) is 1. The fourth-order valence-corrected chi connectivity index (χ4v) is 3.03. The van der Waals surface area contributed by atoms with Gasteiger partial charge in [-0.2, -0.15) is 13.5 Å². The van der Waals surface area contributed by atoms with Gasteiger partial charge in [0.25, 0.3) is 10.1 Å². The monoisotopic (exact) mass is 329 g/mol. The highest BCUT2D eigenvalue weighted by atomic mass is 32.2. The molecule has 0 spiro atoms. The highest BCUT2D eigenvalue weighted by molar-refractivity contribution is 7.85. The van der Waals surface area contributed by atoms with Gasteiger partial charge in [0.05, 0.1) is 11.1 Å². The van der Waals surface area contributed by atoms with Crippen molar-refractivity contribution in [1.82, 2.24) is 15.1 Å². The molecule has 116 valence electrons. The minimum absolute atomic E-state index is 0.715. The van der Waals surface area contributed by atoms with E-state index >= 15 is 0 Å². The molecule has 0 unspecified atom stereocenters. The zero-order chi connectivity index (χ0) is 15.5. The lowest BCUT2D eigenvalue weighted by atomic mass is 10.1. The van der Waals surface area contributed by atoms with Crippen molar-refractivity contribution in [2.24, 2.45) is 0 Å². The third-order valence-corrected chi connectivity index (χ3v) is 3.94. The van der Waals surface area contributed by atoms with Crippen molar-refractivity contribution in [3.63, 3.8) is 0 Å². The lowest BCUT2D eigenvalue weighted by molar-refractivity contribution is 0.490. The van der Waals surface area contributed by atoms with Crippen LogP contribution in [0.25, 0.3) is 10.6 Å². The standard InChI is InChI=1S/C12H15N3S.CH4O3S/c1-2-15-10-5-6-13-8-9(10)12(14-15)11-4-3-7-16-11;1-5(2,3)4/h3-4,7,13H,2,5-6,8H2,1H3;1H3,(H,2,3,4). The Morgan fingerprint density at radius 1 is 1.52 bits per heavy atom. The fourth-order valence-electron chi connectivity index (χ4n) is 2.29. The second kappa shape index (κ2) is 6.69. The number of nitrogens with zero attached hydrogens (tertiary/aromatic N) is 2. The van der Waals surface area contributed by atoms with Crippen LogP contribution in [0.5, 0.6) is 0 Å². The van der Waals surface area contributed by atoms with Gasteiger partial charge in [0.15, 0.2) is 0 Å². The molecule has 21 heavy (non-hydrogen) atoms. The van der Waals surface area contributed by atoms with Crippen LogP contribution in [0.15, 0.2) is 17.5 Å². The van der Waals surface area contributed by atoms with Gasteiger partial charge in [0.2, 0.25) is 0 Å². The van der Waals surface area contributed by atoms with E-state index in [2.05, 4.69) is 34.4 Å². The van der Waals surface area contributed by atoms with E-state index < -0.39 is 10.1 Å². The Hall–Kier alpha value is -1.22. The van der Waals surface area contributed by atoms with Gasteiger partial charge < -0.3 is 5.32 Å². The van der Waals surface area contributed by atoms with E-state index in [1.807, 2.05) is 0 Å². The van der Waals surface area contributed by atoms with E-state index in [-0.39, 0.29) is 0 Å². The summed E-state index contributed by atoms with van der Waals surface area (Å²) < 4.78 is 28.0. The highest BCUT2D eigenvalue weighted by Crippen LogP contribution is 2.30. The van der Waals surface area contributed by atoms with Gasteiger partial charge in [-0.05, 0) is 18.4 Å². The van der Waals surface area contributed by atoms with E-state index in [1.165, 1.54) is 21.8 Å². The van der Waals surface area contributed by atoms with Crippen molar-refractivity contribution in [1.29, 1.82) is 0 Å². The lowest BCUT2D eigenvalue weighted by Crippen LogP contribution is -2.24. The Morgan fingerprint density at radius 3 is 2.81 bits per heavy atom. The molecule has 0 fully saturated rings. The van der Waals surface area contributed by atoms with E-state index in [4.69, 9.17) is 9.65 Å². The number of fused-ring (bicyclic) bond motifs is 1. The predicted octanol–water partition coefficient (Wildman–Crippen LogP) is 1.78. The Balaban J connectivity index is 0.000000282.